The van der Waals surface area contributed by atoms with Crippen LogP contribution >= 0.6 is 0 Å². The lowest BCUT2D eigenvalue weighted by Gasteiger charge is -2.29. The summed E-state index contributed by atoms with van der Waals surface area (Å²) in [7, 11) is 0. The number of allylic oxidation sites excluding steroid dienone is 3. The van der Waals surface area contributed by atoms with E-state index in [4.69, 9.17) is 4.42 Å². The quantitative estimate of drug-likeness (QED) is 0.547. The Bertz CT molecular complexity index is 737. The van der Waals surface area contributed by atoms with E-state index in [0.717, 1.165) is 24.4 Å². The lowest BCUT2D eigenvalue weighted by molar-refractivity contribution is -0.674. The zero-order chi connectivity index (χ0) is 15.0. The van der Waals surface area contributed by atoms with Crippen molar-refractivity contribution in [2.45, 2.75) is 47.1 Å². The van der Waals surface area contributed by atoms with Gasteiger partial charge in [-0.2, -0.15) is 4.57 Å². The number of benzene rings is 1. The van der Waals surface area contributed by atoms with Crippen LogP contribution in [0.2, 0.25) is 0 Å². The topological polar surface area (TPSA) is 17.0 Å². The minimum absolute atomic E-state index is 0. The van der Waals surface area contributed by atoms with E-state index in [1.54, 1.807) is 0 Å². The zero-order valence-electron chi connectivity index (χ0n) is 13.8. The lowest BCUT2D eigenvalue weighted by atomic mass is 9.75. The van der Waals surface area contributed by atoms with Crippen LogP contribution in [-0.4, -0.2) is 0 Å². The number of halogens is 1. The van der Waals surface area contributed by atoms with Gasteiger partial charge in [-0.25, -0.2) is 0 Å². The second kappa shape index (κ2) is 6.57. The van der Waals surface area contributed by atoms with Gasteiger partial charge in [0, 0.05) is 6.07 Å². The average Bonchev–Trinajstić information content (AvgIpc) is 2.73. The highest BCUT2D eigenvalue weighted by atomic mass is 127. The van der Waals surface area contributed by atoms with Crippen molar-refractivity contribution in [1.82, 2.24) is 0 Å². The van der Waals surface area contributed by atoms with Crippen molar-refractivity contribution in [3.05, 3.63) is 47.4 Å². The van der Waals surface area contributed by atoms with Gasteiger partial charge in [0.2, 0.25) is 5.58 Å². The minimum Gasteiger partial charge on any atom is -1.00 e. The highest BCUT2D eigenvalue weighted by Crippen LogP contribution is 2.38. The van der Waals surface area contributed by atoms with E-state index in [1.807, 2.05) is 12.1 Å². The maximum Gasteiger partial charge on any atom is 0.374 e. The van der Waals surface area contributed by atoms with Gasteiger partial charge in [-0.05, 0) is 43.7 Å². The molecule has 1 aromatic carbocycles. The van der Waals surface area contributed by atoms with E-state index in [1.165, 1.54) is 23.1 Å². The summed E-state index contributed by atoms with van der Waals surface area (Å²) >= 11 is 0. The van der Waals surface area contributed by atoms with Crippen molar-refractivity contribution < 1.29 is 33.0 Å². The van der Waals surface area contributed by atoms with E-state index in [-0.39, 0.29) is 24.0 Å². The molecule has 0 aliphatic heterocycles. The molecule has 1 aromatic heterocycles. The van der Waals surface area contributed by atoms with Crippen LogP contribution in [0, 0.1) is 5.41 Å². The third kappa shape index (κ3) is 3.45. The molecule has 118 valence electrons. The first-order valence-corrected chi connectivity index (χ1v) is 7.78. The molecule has 0 radical (unpaired) electrons. The second-order valence-corrected chi connectivity index (χ2v) is 6.88. The second-order valence-electron chi connectivity index (χ2n) is 6.88. The van der Waals surface area contributed by atoms with Gasteiger partial charge in [0.15, 0.2) is 0 Å². The first-order valence-electron chi connectivity index (χ1n) is 7.78. The van der Waals surface area contributed by atoms with Gasteiger partial charge in [-0.3, -0.25) is 0 Å². The third-order valence-electron chi connectivity index (χ3n) is 4.13. The van der Waals surface area contributed by atoms with Crippen LogP contribution in [0.4, 0.5) is 0 Å². The Hall–Kier alpha value is -1.10. The smallest absolute Gasteiger partial charge is 0.374 e. The lowest BCUT2D eigenvalue weighted by Crippen LogP contribution is -3.00. The Labute approximate surface area is 149 Å². The summed E-state index contributed by atoms with van der Waals surface area (Å²) in [5.41, 5.74) is 5.29. The molecule has 1 aliphatic carbocycles. The molecule has 1 aliphatic rings. The Morgan fingerprint density at radius 3 is 2.64 bits per heavy atom. The number of nitrogens with zero attached hydrogens (tertiary/aromatic N) is 1. The fourth-order valence-electron chi connectivity index (χ4n) is 3.53. The Kier molecular flexibility index (Phi) is 5.15. The summed E-state index contributed by atoms with van der Waals surface area (Å²) in [6, 6.07) is 8.25. The standard InChI is InChI=1S/C19H24NO.HI/c1-5-20-16-8-6-7-9-17(16)21-18(20)11-15-10-14(2)12-19(3,4)13-15;/h6-11H,5,12-13H2,1-4H3;1H/q+1;/p-1/b15-11+;. The van der Waals surface area contributed by atoms with E-state index < -0.39 is 0 Å². The SMILES string of the molecule is CC[n+]1c(/C=C2\C=C(C)CC(C)(C)C2)oc2ccccc21.[I-]. The molecule has 2 aromatic rings. The van der Waals surface area contributed by atoms with Gasteiger partial charge in [0.25, 0.3) is 5.52 Å². The van der Waals surface area contributed by atoms with E-state index in [9.17, 15) is 0 Å². The third-order valence-corrected chi connectivity index (χ3v) is 4.13. The fourth-order valence-corrected chi connectivity index (χ4v) is 3.53. The number of fused-ring (bicyclic) bond motifs is 1. The van der Waals surface area contributed by atoms with E-state index >= 15 is 0 Å². The van der Waals surface area contributed by atoms with Crippen molar-refractivity contribution >= 4 is 17.2 Å². The number of para-hydroxylation sites is 2. The van der Waals surface area contributed by atoms with E-state index in [2.05, 4.69) is 56.5 Å². The number of hydrogen-bond acceptors (Lipinski definition) is 1. The van der Waals surface area contributed by atoms with Crippen LogP contribution < -0.4 is 28.5 Å². The number of rotatable bonds is 2. The summed E-state index contributed by atoms with van der Waals surface area (Å²) in [6.45, 7) is 9.98. The number of oxazole rings is 1. The van der Waals surface area contributed by atoms with Gasteiger partial charge in [-0.1, -0.05) is 37.6 Å². The molecular formula is C19H24INO. The fraction of sp³-hybridized carbons (Fsp3) is 0.421. The molecule has 3 rings (SSSR count). The van der Waals surface area contributed by atoms with Crippen molar-refractivity contribution in [1.29, 1.82) is 0 Å². The molecule has 22 heavy (non-hydrogen) atoms. The molecular weight excluding hydrogens is 385 g/mol. The maximum absolute atomic E-state index is 6.05. The average molecular weight is 409 g/mol. The zero-order valence-corrected chi connectivity index (χ0v) is 16.0. The van der Waals surface area contributed by atoms with Crippen LogP contribution in [0.25, 0.3) is 17.2 Å². The molecule has 0 bridgehead atoms. The summed E-state index contributed by atoms with van der Waals surface area (Å²) in [5.74, 6) is 0.954. The van der Waals surface area contributed by atoms with Gasteiger partial charge in [0.05, 0.1) is 6.08 Å². The first-order chi connectivity index (χ1) is 9.98. The van der Waals surface area contributed by atoms with Gasteiger partial charge in [0.1, 0.15) is 6.54 Å². The molecule has 2 nitrogen and oxygen atoms in total. The Balaban J connectivity index is 0.00000176. The summed E-state index contributed by atoms with van der Waals surface area (Å²) < 4.78 is 8.30. The van der Waals surface area contributed by atoms with E-state index in [0.29, 0.717) is 5.41 Å². The van der Waals surface area contributed by atoms with Gasteiger partial charge < -0.3 is 28.4 Å². The van der Waals surface area contributed by atoms with Crippen LogP contribution in [0.5, 0.6) is 0 Å². The molecule has 0 N–H and O–H groups in total. The molecule has 0 fully saturated rings. The monoisotopic (exact) mass is 409 g/mol. The number of hydrogen-bond donors (Lipinski definition) is 0. The molecule has 0 amide bonds. The minimum atomic E-state index is 0. The van der Waals surface area contributed by atoms with Crippen LogP contribution in [-0.2, 0) is 6.54 Å². The van der Waals surface area contributed by atoms with Crippen LogP contribution in [0.1, 0.15) is 46.4 Å². The predicted octanol–water partition coefficient (Wildman–Crippen LogP) is 1.89. The molecule has 0 saturated carbocycles. The molecule has 0 spiro atoms. The van der Waals surface area contributed by atoms with Crippen molar-refractivity contribution in [2.75, 3.05) is 0 Å². The number of aryl methyl sites for hydroxylation is 1. The maximum atomic E-state index is 6.05. The van der Waals surface area contributed by atoms with Crippen molar-refractivity contribution in [3.8, 4) is 0 Å². The Morgan fingerprint density at radius 1 is 1.23 bits per heavy atom. The van der Waals surface area contributed by atoms with Crippen LogP contribution in [0.3, 0.4) is 0 Å². The predicted molar refractivity (Wildman–Crippen MR) is 86.8 cm³/mol. The highest BCUT2D eigenvalue weighted by Gasteiger charge is 2.26. The molecule has 0 saturated heterocycles. The van der Waals surface area contributed by atoms with Gasteiger partial charge >= 0.3 is 5.89 Å². The molecule has 3 heteroatoms. The van der Waals surface area contributed by atoms with Crippen molar-refractivity contribution in [3.63, 3.8) is 0 Å². The highest BCUT2D eigenvalue weighted by molar-refractivity contribution is 5.69. The van der Waals surface area contributed by atoms with Crippen molar-refractivity contribution in [2.24, 2.45) is 5.41 Å². The van der Waals surface area contributed by atoms with Gasteiger partial charge in [-0.15, -0.1) is 0 Å². The van der Waals surface area contributed by atoms with Crippen LogP contribution in [0.15, 0.2) is 45.9 Å². The Morgan fingerprint density at radius 2 is 1.95 bits per heavy atom. The summed E-state index contributed by atoms with van der Waals surface area (Å²) in [5, 5.41) is 0. The molecule has 1 heterocycles. The summed E-state index contributed by atoms with van der Waals surface area (Å²) in [4.78, 5) is 0. The normalized spacial score (nSPS) is 19.1. The molecule has 0 atom stereocenters. The largest absolute Gasteiger partial charge is 1.00 e. The summed E-state index contributed by atoms with van der Waals surface area (Å²) in [6.07, 6.45) is 6.82. The molecule has 0 unspecified atom stereocenters. The first kappa shape index (κ1) is 17.3. The number of aromatic nitrogens is 1.